The zero-order chi connectivity index (χ0) is 13.4. The summed E-state index contributed by atoms with van der Waals surface area (Å²) in [5.41, 5.74) is 6.30. The highest BCUT2D eigenvalue weighted by Crippen LogP contribution is 2.21. The lowest BCUT2D eigenvalue weighted by Gasteiger charge is -2.03. The van der Waals surface area contributed by atoms with E-state index < -0.39 is 4.92 Å². The summed E-state index contributed by atoms with van der Waals surface area (Å²) in [6.45, 7) is 0. The minimum Gasteiger partial charge on any atom is -0.383 e. The lowest BCUT2D eigenvalue weighted by Crippen LogP contribution is -2.03. The van der Waals surface area contributed by atoms with Crippen LogP contribution < -0.4 is 5.73 Å². The largest absolute Gasteiger partial charge is 0.383 e. The van der Waals surface area contributed by atoms with Crippen molar-refractivity contribution < 1.29 is 4.92 Å². The molecule has 19 heavy (non-hydrogen) atoms. The molecule has 3 rings (SSSR count). The molecular weight excluding hydrogens is 246 g/mol. The molecule has 94 valence electrons. The van der Waals surface area contributed by atoms with Crippen molar-refractivity contribution >= 4 is 22.4 Å². The fourth-order valence-electron chi connectivity index (χ4n) is 1.89. The minimum atomic E-state index is -0.507. The van der Waals surface area contributed by atoms with Crippen molar-refractivity contribution in [3.63, 3.8) is 0 Å². The second-order valence-corrected chi connectivity index (χ2v) is 3.98. The molecule has 2 aromatic heterocycles. The van der Waals surface area contributed by atoms with Gasteiger partial charge < -0.3 is 5.73 Å². The zero-order valence-electron chi connectivity index (χ0n) is 9.72. The Labute approximate surface area is 107 Å². The number of nitrogens with zero attached hydrogens (tertiary/aromatic N) is 4. The highest BCUT2D eigenvalue weighted by molar-refractivity contribution is 5.79. The molecule has 0 aliphatic carbocycles. The second kappa shape index (κ2) is 4.05. The Kier molecular flexibility index (Phi) is 2.38. The van der Waals surface area contributed by atoms with Crippen LogP contribution in [0.5, 0.6) is 0 Å². The van der Waals surface area contributed by atoms with Crippen LogP contribution in [0.4, 0.5) is 11.5 Å². The molecule has 3 aromatic rings. The maximum absolute atomic E-state index is 10.8. The van der Waals surface area contributed by atoms with Gasteiger partial charge in [-0.1, -0.05) is 18.2 Å². The smallest absolute Gasteiger partial charge is 0.276 e. The molecule has 0 fully saturated rings. The van der Waals surface area contributed by atoms with E-state index in [0.29, 0.717) is 5.82 Å². The number of para-hydroxylation sites is 1. The molecule has 2 N–H and O–H groups in total. The molecule has 1 aromatic carbocycles. The number of pyridine rings is 1. The van der Waals surface area contributed by atoms with Gasteiger partial charge in [-0.2, -0.15) is 5.10 Å². The molecule has 0 unspecified atom stereocenters. The lowest BCUT2D eigenvalue weighted by molar-refractivity contribution is -0.384. The Morgan fingerprint density at radius 1 is 1.26 bits per heavy atom. The predicted molar refractivity (Wildman–Crippen MR) is 69.9 cm³/mol. The van der Waals surface area contributed by atoms with E-state index in [1.165, 1.54) is 16.8 Å². The van der Waals surface area contributed by atoms with Crippen LogP contribution in [0.1, 0.15) is 0 Å². The summed E-state index contributed by atoms with van der Waals surface area (Å²) < 4.78 is 1.53. The van der Waals surface area contributed by atoms with Gasteiger partial charge in [0.15, 0.2) is 5.82 Å². The number of rotatable bonds is 2. The van der Waals surface area contributed by atoms with Crippen molar-refractivity contribution in [2.75, 3.05) is 5.73 Å². The third kappa shape index (κ3) is 1.86. The highest BCUT2D eigenvalue weighted by Gasteiger charge is 2.13. The van der Waals surface area contributed by atoms with Crippen molar-refractivity contribution in [1.82, 2.24) is 14.8 Å². The second-order valence-electron chi connectivity index (χ2n) is 3.98. The van der Waals surface area contributed by atoms with Crippen LogP contribution in [-0.4, -0.2) is 19.7 Å². The summed E-state index contributed by atoms with van der Waals surface area (Å²) in [7, 11) is 0. The highest BCUT2D eigenvalue weighted by atomic mass is 16.6. The number of hydrogen-bond acceptors (Lipinski definition) is 5. The van der Waals surface area contributed by atoms with Gasteiger partial charge in [-0.25, -0.2) is 9.67 Å². The predicted octanol–water partition coefficient (Wildman–Crippen LogP) is 1.91. The molecule has 0 atom stereocenters. The fourth-order valence-corrected chi connectivity index (χ4v) is 1.89. The summed E-state index contributed by atoms with van der Waals surface area (Å²) in [5, 5.41) is 15.9. The minimum absolute atomic E-state index is 0.0868. The van der Waals surface area contributed by atoms with Crippen LogP contribution in [0.2, 0.25) is 0 Å². The summed E-state index contributed by atoms with van der Waals surface area (Å²) in [4.78, 5) is 14.4. The van der Waals surface area contributed by atoms with Crippen molar-refractivity contribution in [1.29, 1.82) is 0 Å². The molecular formula is C12H9N5O2. The first-order valence-electron chi connectivity index (χ1n) is 5.50. The van der Waals surface area contributed by atoms with Crippen LogP contribution >= 0.6 is 0 Å². The van der Waals surface area contributed by atoms with Crippen LogP contribution in [0.3, 0.4) is 0 Å². The Hall–Kier alpha value is -2.96. The van der Waals surface area contributed by atoms with Gasteiger partial charge in [-0.15, -0.1) is 0 Å². The van der Waals surface area contributed by atoms with E-state index in [-0.39, 0.29) is 11.5 Å². The summed E-state index contributed by atoms with van der Waals surface area (Å²) in [6.07, 6.45) is 1.67. The van der Waals surface area contributed by atoms with Gasteiger partial charge in [0.2, 0.25) is 0 Å². The van der Waals surface area contributed by atoms with E-state index in [9.17, 15) is 10.1 Å². The van der Waals surface area contributed by atoms with Gasteiger partial charge in [0, 0.05) is 5.39 Å². The number of fused-ring (bicyclic) bond motifs is 1. The topological polar surface area (TPSA) is 99.9 Å². The lowest BCUT2D eigenvalue weighted by atomic mass is 10.2. The molecule has 7 nitrogen and oxygen atoms in total. The van der Waals surface area contributed by atoms with E-state index in [0.717, 1.165) is 10.9 Å². The van der Waals surface area contributed by atoms with Crippen molar-refractivity contribution in [2.45, 2.75) is 0 Å². The quantitative estimate of drug-likeness (QED) is 0.557. The summed E-state index contributed by atoms with van der Waals surface area (Å²) in [5.74, 6) is 0.414. The number of nitrogen functional groups attached to an aromatic ring is 1. The summed E-state index contributed by atoms with van der Waals surface area (Å²) in [6, 6.07) is 10.1. The van der Waals surface area contributed by atoms with E-state index in [4.69, 9.17) is 5.73 Å². The molecule has 0 saturated carbocycles. The van der Waals surface area contributed by atoms with Gasteiger partial charge in [0.25, 0.3) is 5.69 Å². The SMILES string of the molecule is Nc1cc([N+](=O)[O-])cc(-n2ncc3ccccc32)n1. The number of aromatic nitrogens is 3. The van der Waals surface area contributed by atoms with E-state index in [2.05, 4.69) is 10.1 Å². The maximum Gasteiger partial charge on any atom is 0.276 e. The van der Waals surface area contributed by atoms with E-state index >= 15 is 0 Å². The van der Waals surface area contributed by atoms with Gasteiger partial charge in [0.1, 0.15) is 5.82 Å². The first-order chi connectivity index (χ1) is 9.15. The van der Waals surface area contributed by atoms with Crippen LogP contribution in [-0.2, 0) is 0 Å². The van der Waals surface area contributed by atoms with Gasteiger partial charge in [0.05, 0.1) is 28.8 Å². The summed E-state index contributed by atoms with van der Waals surface area (Å²) >= 11 is 0. The Bertz CT molecular complexity index is 781. The monoisotopic (exact) mass is 255 g/mol. The van der Waals surface area contributed by atoms with Crippen molar-refractivity contribution in [3.8, 4) is 5.82 Å². The molecule has 0 bridgehead atoms. The van der Waals surface area contributed by atoms with Gasteiger partial charge >= 0.3 is 0 Å². The number of benzene rings is 1. The van der Waals surface area contributed by atoms with Crippen LogP contribution in [0.15, 0.2) is 42.6 Å². The number of nitro groups is 1. The molecule has 2 heterocycles. The molecule has 0 aliphatic rings. The maximum atomic E-state index is 10.8. The van der Waals surface area contributed by atoms with Gasteiger partial charge in [-0.05, 0) is 6.07 Å². The van der Waals surface area contributed by atoms with Crippen molar-refractivity contribution in [2.24, 2.45) is 0 Å². The Morgan fingerprint density at radius 3 is 2.84 bits per heavy atom. The Morgan fingerprint density at radius 2 is 2.05 bits per heavy atom. The molecule has 0 amide bonds. The van der Waals surface area contributed by atoms with E-state index in [1.54, 1.807) is 6.20 Å². The molecule has 0 radical (unpaired) electrons. The van der Waals surface area contributed by atoms with Crippen molar-refractivity contribution in [3.05, 3.63) is 52.7 Å². The standard InChI is InChI=1S/C12H9N5O2/c13-11-5-9(17(18)19)6-12(15-11)16-10-4-2-1-3-8(10)7-14-16/h1-7H,(H2,13,15). The average Bonchev–Trinajstić information content (AvgIpc) is 2.81. The first-order valence-corrected chi connectivity index (χ1v) is 5.50. The van der Waals surface area contributed by atoms with Crippen LogP contribution in [0.25, 0.3) is 16.7 Å². The normalized spacial score (nSPS) is 10.7. The fraction of sp³-hybridized carbons (Fsp3) is 0. The molecule has 0 spiro atoms. The Balaban J connectivity index is 2.24. The van der Waals surface area contributed by atoms with E-state index in [1.807, 2.05) is 24.3 Å². The van der Waals surface area contributed by atoms with Crippen LogP contribution in [0, 0.1) is 10.1 Å². The number of hydrogen-bond donors (Lipinski definition) is 1. The average molecular weight is 255 g/mol. The molecule has 7 heteroatoms. The number of nitrogens with two attached hydrogens (primary N) is 1. The molecule has 0 saturated heterocycles. The third-order valence-corrected chi connectivity index (χ3v) is 2.72. The third-order valence-electron chi connectivity index (χ3n) is 2.72. The molecule has 0 aliphatic heterocycles. The zero-order valence-corrected chi connectivity index (χ0v) is 9.72. The van der Waals surface area contributed by atoms with Gasteiger partial charge in [-0.3, -0.25) is 10.1 Å². The first kappa shape index (κ1) is 11.1. The number of anilines is 1.